The number of sulfone groups is 1. The van der Waals surface area contributed by atoms with Crippen LogP contribution in [0.15, 0.2) is 10.9 Å². The van der Waals surface area contributed by atoms with Crippen LogP contribution in [-0.4, -0.2) is 29.7 Å². The standard InChI is InChI=1S/C8H11F3N2O3S/c1-2-17(15,16)4-3-13-7(14)5-6(12-13)8(9,10)11/h5,12H,2-4H2,1H3. The van der Waals surface area contributed by atoms with Gasteiger partial charge in [-0.1, -0.05) is 6.92 Å². The minimum Gasteiger partial charge on any atom is -0.291 e. The highest BCUT2D eigenvalue weighted by Crippen LogP contribution is 2.26. The van der Waals surface area contributed by atoms with Crippen LogP contribution in [0.1, 0.15) is 12.6 Å². The quantitative estimate of drug-likeness (QED) is 0.873. The molecule has 0 fully saturated rings. The molecular weight excluding hydrogens is 261 g/mol. The van der Waals surface area contributed by atoms with Crippen LogP contribution in [0.5, 0.6) is 0 Å². The van der Waals surface area contributed by atoms with Gasteiger partial charge in [-0.2, -0.15) is 13.2 Å². The molecule has 0 saturated heterocycles. The number of rotatable bonds is 4. The highest BCUT2D eigenvalue weighted by atomic mass is 32.2. The molecule has 0 spiro atoms. The molecule has 17 heavy (non-hydrogen) atoms. The smallest absolute Gasteiger partial charge is 0.291 e. The van der Waals surface area contributed by atoms with E-state index in [0.29, 0.717) is 10.7 Å². The molecule has 0 aliphatic carbocycles. The first kappa shape index (κ1) is 13.8. The van der Waals surface area contributed by atoms with Gasteiger partial charge in [0.25, 0.3) is 5.56 Å². The summed E-state index contributed by atoms with van der Waals surface area (Å²) in [7, 11) is -3.32. The number of aromatic amines is 1. The summed E-state index contributed by atoms with van der Waals surface area (Å²) >= 11 is 0. The molecule has 0 atom stereocenters. The number of hydrogen-bond acceptors (Lipinski definition) is 3. The van der Waals surface area contributed by atoms with Crippen molar-refractivity contribution >= 4 is 9.84 Å². The van der Waals surface area contributed by atoms with E-state index in [1.807, 2.05) is 5.10 Å². The van der Waals surface area contributed by atoms with Crippen LogP contribution in [0.3, 0.4) is 0 Å². The van der Waals surface area contributed by atoms with Crippen LogP contribution >= 0.6 is 0 Å². The fourth-order valence-electron chi connectivity index (χ4n) is 1.12. The zero-order chi connectivity index (χ0) is 13.3. The molecule has 0 radical (unpaired) electrons. The number of aryl methyl sites for hydroxylation is 1. The zero-order valence-electron chi connectivity index (χ0n) is 8.91. The van der Waals surface area contributed by atoms with Crippen molar-refractivity contribution < 1.29 is 21.6 Å². The molecule has 0 amide bonds. The maximum atomic E-state index is 12.2. The van der Waals surface area contributed by atoms with E-state index in [4.69, 9.17) is 0 Å². The minimum atomic E-state index is -4.64. The van der Waals surface area contributed by atoms with Crippen molar-refractivity contribution in [3.05, 3.63) is 22.1 Å². The van der Waals surface area contributed by atoms with Gasteiger partial charge in [0, 0.05) is 11.8 Å². The van der Waals surface area contributed by atoms with Crippen molar-refractivity contribution in [1.82, 2.24) is 9.78 Å². The van der Waals surface area contributed by atoms with E-state index >= 15 is 0 Å². The summed E-state index contributed by atoms with van der Waals surface area (Å²) in [6.07, 6.45) is -4.64. The fraction of sp³-hybridized carbons (Fsp3) is 0.625. The number of nitrogens with one attached hydrogen (secondary N) is 1. The largest absolute Gasteiger partial charge is 0.432 e. The normalized spacial score (nSPS) is 12.9. The van der Waals surface area contributed by atoms with Gasteiger partial charge in [0.2, 0.25) is 0 Å². The highest BCUT2D eigenvalue weighted by molar-refractivity contribution is 7.91. The molecule has 0 bridgehead atoms. The van der Waals surface area contributed by atoms with E-state index in [1.165, 1.54) is 6.92 Å². The van der Waals surface area contributed by atoms with E-state index < -0.39 is 27.3 Å². The van der Waals surface area contributed by atoms with Crippen LogP contribution in [-0.2, 0) is 22.6 Å². The van der Waals surface area contributed by atoms with Crippen molar-refractivity contribution in [2.45, 2.75) is 19.6 Å². The number of alkyl halides is 3. The van der Waals surface area contributed by atoms with Gasteiger partial charge < -0.3 is 0 Å². The van der Waals surface area contributed by atoms with E-state index in [2.05, 4.69) is 0 Å². The topological polar surface area (TPSA) is 71.9 Å². The molecule has 1 rings (SSSR count). The molecule has 1 aromatic rings. The average Bonchev–Trinajstić information content (AvgIpc) is 2.57. The lowest BCUT2D eigenvalue weighted by atomic mass is 10.4. The van der Waals surface area contributed by atoms with Gasteiger partial charge >= 0.3 is 6.18 Å². The van der Waals surface area contributed by atoms with Gasteiger partial charge in [0.05, 0.1) is 12.3 Å². The van der Waals surface area contributed by atoms with Crippen molar-refractivity contribution in [2.75, 3.05) is 11.5 Å². The Balaban J connectivity index is 2.88. The number of nitrogens with zero attached hydrogens (tertiary/aromatic N) is 1. The molecule has 0 aliphatic rings. The van der Waals surface area contributed by atoms with E-state index in [-0.39, 0.29) is 18.1 Å². The lowest BCUT2D eigenvalue weighted by Gasteiger charge is -2.04. The van der Waals surface area contributed by atoms with Gasteiger partial charge in [-0.15, -0.1) is 0 Å². The molecular formula is C8H11F3N2O3S. The Hall–Kier alpha value is -1.25. The number of halogens is 3. The number of hydrogen-bond donors (Lipinski definition) is 1. The summed E-state index contributed by atoms with van der Waals surface area (Å²) in [5.41, 5.74) is -2.08. The molecule has 1 heterocycles. The predicted octanol–water partition coefficient (Wildman–Crippen LogP) is 0.630. The molecule has 0 aliphatic heterocycles. The molecule has 1 N–H and O–H groups in total. The molecule has 5 nitrogen and oxygen atoms in total. The second kappa shape index (κ2) is 4.55. The van der Waals surface area contributed by atoms with Gasteiger partial charge in [0.1, 0.15) is 5.69 Å². The van der Waals surface area contributed by atoms with Gasteiger partial charge in [-0.05, 0) is 0 Å². The molecule has 0 aromatic carbocycles. The van der Waals surface area contributed by atoms with Crippen molar-refractivity contribution in [3.63, 3.8) is 0 Å². The van der Waals surface area contributed by atoms with Crippen LogP contribution in [0.25, 0.3) is 0 Å². The maximum absolute atomic E-state index is 12.2. The van der Waals surface area contributed by atoms with Crippen molar-refractivity contribution in [3.8, 4) is 0 Å². The Morgan fingerprint density at radius 2 is 2.00 bits per heavy atom. The molecule has 0 unspecified atom stereocenters. The highest BCUT2D eigenvalue weighted by Gasteiger charge is 2.33. The Labute approximate surface area is 95.1 Å². The third-order valence-electron chi connectivity index (χ3n) is 2.16. The molecule has 0 saturated carbocycles. The van der Waals surface area contributed by atoms with Crippen LogP contribution in [0, 0.1) is 0 Å². The minimum absolute atomic E-state index is 0.116. The SMILES string of the molecule is CCS(=O)(=O)CCn1[nH]c(C(F)(F)F)cc1=O. The lowest BCUT2D eigenvalue weighted by molar-refractivity contribution is -0.141. The van der Waals surface area contributed by atoms with E-state index in [9.17, 15) is 26.4 Å². The summed E-state index contributed by atoms with van der Waals surface area (Å²) in [6, 6.07) is 0.401. The third-order valence-corrected chi connectivity index (χ3v) is 3.84. The van der Waals surface area contributed by atoms with Crippen molar-refractivity contribution in [2.24, 2.45) is 0 Å². The Bertz CT molecular complexity index is 541. The van der Waals surface area contributed by atoms with Gasteiger partial charge in [0.15, 0.2) is 9.84 Å². The summed E-state index contributed by atoms with van der Waals surface area (Å²) in [5.74, 6) is -0.490. The van der Waals surface area contributed by atoms with Crippen LogP contribution < -0.4 is 5.56 Å². The maximum Gasteiger partial charge on any atom is 0.432 e. The summed E-state index contributed by atoms with van der Waals surface area (Å²) in [4.78, 5) is 11.1. The summed E-state index contributed by atoms with van der Waals surface area (Å²) in [5, 5.41) is 1.83. The van der Waals surface area contributed by atoms with E-state index in [0.717, 1.165) is 0 Å². The van der Waals surface area contributed by atoms with Crippen LogP contribution in [0.2, 0.25) is 0 Å². The first-order valence-electron chi connectivity index (χ1n) is 4.73. The summed E-state index contributed by atoms with van der Waals surface area (Å²) in [6.45, 7) is 1.11. The summed E-state index contributed by atoms with van der Waals surface area (Å²) < 4.78 is 59.6. The second-order valence-electron chi connectivity index (χ2n) is 3.39. The Kier molecular flexibility index (Phi) is 3.70. The Morgan fingerprint density at radius 1 is 1.41 bits per heavy atom. The van der Waals surface area contributed by atoms with Crippen LogP contribution in [0.4, 0.5) is 13.2 Å². The molecule has 98 valence electrons. The third kappa shape index (κ3) is 3.62. The first-order chi connectivity index (χ1) is 7.65. The molecule has 1 aromatic heterocycles. The van der Waals surface area contributed by atoms with Gasteiger partial charge in [-0.25, -0.2) is 8.42 Å². The zero-order valence-corrected chi connectivity index (χ0v) is 9.73. The Morgan fingerprint density at radius 3 is 2.41 bits per heavy atom. The lowest BCUT2D eigenvalue weighted by Crippen LogP contribution is -2.22. The van der Waals surface area contributed by atoms with Gasteiger partial charge in [-0.3, -0.25) is 14.6 Å². The molecule has 9 heteroatoms. The van der Waals surface area contributed by atoms with E-state index in [1.54, 1.807) is 0 Å². The first-order valence-corrected chi connectivity index (χ1v) is 6.55. The fourth-order valence-corrected chi connectivity index (χ4v) is 1.87. The number of H-pyrrole nitrogens is 1. The predicted molar refractivity (Wildman–Crippen MR) is 54.4 cm³/mol. The average molecular weight is 272 g/mol. The number of aromatic nitrogens is 2. The second-order valence-corrected chi connectivity index (χ2v) is 5.87. The monoisotopic (exact) mass is 272 g/mol. The van der Waals surface area contributed by atoms with Crippen molar-refractivity contribution in [1.29, 1.82) is 0 Å².